The van der Waals surface area contributed by atoms with Crippen molar-refractivity contribution in [3.63, 3.8) is 0 Å². The molecule has 0 aliphatic carbocycles. The molecule has 1 saturated heterocycles. The molecule has 1 N–H and O–H groups in total. The molecule has 4 rings (SSSR count). The Balaban J connectivity index is 1.52. The zero-order valence-electron chi connectivity index (χ0n) is 17.1. The molecule has 2 aromatic carbocycles. The van der Waals surface area contributed by atoms with Crippen LogP contribution in [0.15, 0.2) is 47.4 Å². The Labute approximate surface area is 181 Å². The van der Waals surface area contributed by atoms with Gasteiger partial charge in [-0.1, -0.05) is 36.8 Å². The summed E-state index contributed by atoms with van der Waals surface area (Å²) in [6, 6.07) is 12.2. The highest BCUT2D eigenvalue weighted by molar-refractivity contribution is 7.89. The van der Waals surface area contributed by atoms with Crippen molar-refractivity contribution in [2.45, 2.75) is 50.5 Å². The Morgan fingerprint density at radius 1 is 1.20 bits per heavy atom. The van der Waals surface area contributed by atoms with Crippen LogP contribution >= 0.6 is 11.3 Å². The van der Waals surface area contributed by atoms with E-state index >= 15 is 0 Å². The van der Waals surface area contributed by atoms with Gasteiger partial charge in [-0.15, -0.1) is 0 Å². The Bertz CT molecular complexity index is 1170. The van der Waals surface area contributed by atoms with E-state index in [0.717, 1.165) is 41.5 Å². The molecule has 6 nitrogen and oxygen atoms in total. The second-order valence-corrected chi connectivity index (χ2v) is 10.5. The normalized spacial score (nSPS) is 17.9. The maximum Gasteiger partial charge on any atom is 0.257 e. The minimum Gasteiger partial charge on any atom is -0.298 e. The second kappa shape index (κ2) is 8.45. The third-order valence-electron chi connectivity index (χ3n) is 5.57. The standard InChI is InChI=1S/C22H25N3O3S2/c1-3-16-8-6-9-19-20(16)23-22(29-19)24-21(26)17-10-12-18(13-11-17)30(27,28)25-14-5-4-7-15(25)2/h6,8-13,15H,3-5,7,14H2,1-2H3,(H,23,24,26). The molecule has 1 aliphatic heterocycles. The fourth-order valence-electron chi connectivity index (χ4n) is 3.86. The summed E-state index contributed by atoms with van der Waals surface area (Å²) in [6.07, 6.45) is 3.69. The van der Waals surface area contributed by atoms with Crippen LogP contribution in [0.3, 0.4) is 0 Å². The molecule has 0 spiro atoms. The van der Waals surface area contributed by atoms with E-state index in [-0.39, 0.29) is 16.8 Å². The number of hydrogen-bond donors (Lipinski definition) is 1. The number of piperidine rings is 1. The highest BCUT2D eigenvalue weighted by Crippen LogP contribution is 2.29. The number of nitrogens with one attached hydrogen (secondary N) is 1. The lowest BCUT2D eigenvalue weighted by molar-refractivity contribution is 0.102. The number of fused-ring (bicyclic) bond motifs is 1. The number of carbonyl (C=O) groups excluding carboxylic acids is 1. The molecule has 158 valence electrons. The number of sulfonamides is 1. The summed E-state index contributed by atoms with van der Waals surface area (Å²) >= 11 is 1.43. The van der Waals surface area contributed by atoms with Crippen molar-refractivity contribution >= 4 is 42.6 Å². The Morgan fingerprint density at radius 3 is 2.67 bits per heavy atom. The van der Waals surface area contributed by atoms with Gasteiger partial charge < -0.3 is 0 Å². The van der Waals surface area contributed by atoms with Gasteiger partial charge in [0, 0.05) is 18.2 Å². The zero-order chi connectivity index (χ0) is 21.3. The quantitative estimate of drug-likeness (QED) is 0.621. The topological polar surface area (TPSA) is 79.4 Å². The minimum atomic E-state index is -3.55. The predicted molar refractivity (Wildman–Crippen MR) is 121 cm³/mol. The molecule has 2 heterocycles. The first-order chi connectivity index (χ1) is 14.4. The predicted octanol–water partition coefficient (Wildman–Crippen LogP) is 4.67. The Kier molecular flexibility index (Phi) is 5.90. The van der Waals surface area contributed by atoms with E-state index in [2.05, 4.69) is 17.2 Å². The number of amides is 1. The molecule has 1 fully saturated rings. The van der Waals surface area contributed by atoms with Gasteiger partial charge in [-0.2, -0.15) is 4.31 Å². The smallest absolute Gasteiger partial charge is 0.257 e. The zero-order valence-corrected chi connectivity index (χ0v) is 18.7. The van der Waals surface area contributed by atoms with E-state index in [1.54, 1.807) is 16.4 Å². The number of aromatic nitrogens is 1. The van der Waals surface area contributed by atoms with E-state index in [1.807, 2.05) is 25.1 Å². The lowest BCUT2D eigenvalue weighted by atomic mass is 10.1. The monoisotopic (exact) mass is 443 g/mol. The molecule has 1 unspecified atom stereocenters. The highest BCUT2D eigenvalue weighted by Gasteiger charge is 2.30. The van der Waals surface area contributed by atoms with E-state index in [0.29, 0.717) is 17.2 Å². The summed E-state index contributed by atoms with van der Waals surface area (Å²) in [5.41, 5.74) is 2.46. The third kappa shape index (κ3) is 3.99. The number of thiazole rings is 1. The van der Waals surface area contributed by atoms with Gasteiger partial charge in [0.15, 0.2) is 5.13 Å². The fraction of sp³-hybridized carbons (Fsp3) is 0.364. The number of hydrogen-bond acceptors (Lipinski definition) is 5. The molecule has 3 aromatic rings. The number of nitrogens with zero attached hydrogens (tertiary/aromatic N) is 2. The van der Waals surface area contributed by atoms with Gasteiger partial charge in [-0.25, -0.2) is 13.4 Å². The van der Waals surface area contributed by atoms with E-state index in [1.165, 1.54) is 23.5 Å². The van der Waals surface area contributed by atoms with Gasteiger partial charge in [0.1, 0.15) is 0 Å². The maximum atomic E-state index is 12.9. The molecule has 0 bridgehead atoms. The van der Waals surface area contributed by atoms with Gasteiger partial charge in [-0.05, 0) is 62.1 Å². The molecular formula is C22H25N3O3S2. The van der Waals surface area contributed by atoms with E-state index in [4.69, 9.17) is 0 Å². The molecule has 0 radical (unpaired) electrons. The average Bonchev–Trinajstić information content (AvgIpc) is 3.16. The molecule has 8 heteroatoms. The summed E-state index contributed by atoms with van der Waals surface area (Å²) in [5.74, 6) is -0.303. The van der Waals surface area contributed by atoms with Crippen LogP contribution in [0.1, 0.15) is 49.0 Å². The molecule has 1 atom stereocenters. The number of benzene rings is 2. The number of para-hydroxylation sites is 1. The number of carbonyl (C=O) groups is 1. The fourth-order valence-corrected chi connectivity index (χ4v) is 6.46. The van der Waals surface area contributed by atoms with Crippen LogP contribution in [-0.2, 0) is 16.4 Å². The van der Waals surface area contributed by atoms with Gasteiger partial charge in [0.25, 0.3) is 5.91 Å². The van der Waals surface area contributed by atoms with Crippen LogP contribution in [0.2, 0.25) is 0 Å². The number of aryl methyl sites for hydroxylation is 1. The highest BCUT2D eigenvalue weighted by atomic mass is 32.2. The molecule has 0 saturated carbocycles. The second-order valence-electron chi connectivity index (χ2n) is 7.58. The van der Waals surface area contributed by atoms with Crippen molar-refractivity contribution in [3.8, 4) is 0 Å². The number of rotatable bonds is 5. The van der Waals surface area contributed by atoms with Crippen LogP contribution in [-0.4, -0.2) is 36.2 Å². The van der Waals surface area contributed by atoms with Crippen LogP contribution in [0, 0.1) is 0 Å². The lowest BCUT2D eigenvalue weighted by Crippen LogP contribution is -2.41. The average molecular weight is 444 g/mol. The summed E-state index contributed by atoms with van der Waals surface area (Å²) in [5, 5.41) is 3.37. The van der Waals surface area contributed by atoms with Gasteiger partial charge in [0.2, 0.25) is 10.0 Å². The third-order valence-corrected chi connectivity index (χ3v) is 8.53. The SMILES string of the molecule is CCc1cccc2sc(NC(=O)c3ccc(S(=O)(=O)N4CCCCC4C)cc3)nc12. The van der Waals surface area contributed by atoms with Crippen LogP contribution < -0.4 is 5.32 Å². The van der Waals surface area contributed by atoms with Crippen molar-refractivity contribution in [1.82, 2.24) is 9.29 Å². The first-order valence-corrected chi connectivity index (χ1v) is 12.5. The largest absolute Gasteiger partial charge is 0.298 e. The van der Waals surface area contributed by atoms with Crippen molar-refractivity contribution in [2.24, 2.45) is 0 Å². The van der Waals surface area contributed by atoms with Gasteiger partial charge in [0.05, 0.1) is 15.1 Å². The van der Waals surface area contributed by atoms with Crippen molar-refractivity contribution in [2.75, 3.05) is 11.9 Å². The number of anilines is 1. The van der Waals surface area contributed by atoms with Gasteiger partial charge in [-0.3, -0.25) is 10.1 Å². The summed E-state index contributed by atoms with van der Waals surface area (Å²) in [6.45, 7) is 4.57. The van der Waals surface area contributed by atoms with E-state index in [9.17, 15) is 13.2 Å². The van der Waals surface area contributed by atoms with Crippen LogP contribution in [0.25, 0.3) is 10.2 Å². The molecule has 1 aliphatic rings. The summed E-state index contributed by atoms with van der Waals surface area (Å²) in [4.78, 5) is 17.4. The van der Waals surface area contributed by atoms with Crippen molar-refractivity contribution in [3.05, 3.63) is 53.6 Å². The minimum absolute atomic E-state index is 0.00114. The summed E-state index contributed by atoms with van der Waals surface area (Å²) in [7, 11) is -3.55. The van der Waals surface area contributed by atoms with Crippen molar-refractivity contribution < 1.29 is 13.2 Å². The first-order valence-electron chi connectivity index (χ1n) is 10.2. The van der Waals surface area contributed by atoms with Gasteiger partial charge >= 0.3 is 0 Å². The first kappa shape index (κ1) is 21.0. The van der Waals surface area contributed by atoms with Crippen LogP contribution in [0.5, 0.6) is 0 Å². The molecule has 1 amide bonds. The lowest BCUT2D eigenvalue weighted by Gasteiger charge is -2.32. The molecular weight excluding hydrogens is 418 g/mol. The maximum absolute atomic E-state index is 12.9. The summed E-state index contributed by atoms with van der Waals surface area (Å²) < 4.78 is 28.5. The van der Waals surface area contributed by atoms with E-state index < -0.39 is 10.0 Å². The Hall–Kier alpha value is -2.29. The molecule has 1 aromatic heterocycles. The van der Waals surface area contributed by atoms with Crippen molar-refractivity contribution in [1.29, 1.82) is 0 Å². The molecule has 30 heavy (non-hydrogen) atoms. The van der Waals surface area contributed by atoms with Crippen LogP contribution in [0.4, 0.5) is 5.13 Å². The Morgan fingerprint density at radius 2 is 1.97 bits per heavy atom.